The van der Waals surface area contributed by atoms with Crippen LogP contribution in [0.2, 0.25) is 0 Å². The van der Waals surface area contributed by atoms with Crippen LogP contribution < -0.4 is 0 Å². The van der Waals surface area contributed by atoms with Crippen LogP contribution in [0.3, 0.4) is 0 Å². The Labute approximate surface area is 108 Å². The van der Waals surface area contributed by atoms with Gasteiger partial charge in [0, 0.05) is 0 Å². The molecule has 0 spiro atoms. The largest absolute Gasteiger partial charge is 0.470 e. The van der Waals surface area contributed by atoms with Gasteiger partial charge in [-0.3, -0.25) is 0 Å². The van der Waals surface area contributed by atoms with Gasteiger partial charge in [-0.15, -0.1) is 0 Å². The highest BCUT2D eigenvalue weighted by Crippen LogP contribution is 2.58. The molecule has 0 saturated carbocycles. The first-order valence-electron chi connectivity index (χ1n) is 4.46. The van der Waals surface area contributed by atoms with Crippen LogP contribution in [-0.4, -0.2) is 36.2 Å². The summed E-state index contributed by atoms with van der Waals surface area (Å²) in [5.41, 5.74) is 0. The third-order valence-electron chi connectivity index (χ3n) is 2.08. The fourth-order valence-corrected chi connectivity index (χ4v) is 0.905. The van der Waals surface area contributed by atoms with Crippen LogP contribution in [-0.2, 0) is 4.74 Å². The number of halogens is 12. The first kappa shape index (κ1) is 19.7. The van der Waals surface area contributed by atoms with Gasteiger partial charge in [-0.05, 0) is 0 Å². The number of rotatable bonds is 7. The molecule has 0 saturated heterocycles. The van der Waals surface area contributed by atoms with E-state index in [1.807, 2.05) is 0 Å². The number of alkyl halides is 12. The van der Waals surface area contributed by atoms with Crippen molar-refractivity contribution >= 4 is 0 Å². The zero-order chi connectivity index (χ0) is 17.5. The van der Waals surface area contributed by atoms with Gasteiger partial charge in [-0.25, -0.2) is 8.78 Å². The molecule has 0 aliphatic heterocycles. The summed E-state index contributed by atoms with van der Waals surface area (Å²) >= 11 is 0. The summed E-state index contributed by atoms with van der Waals surface area (Å²) in [6, 6.07) is 0. The molecule has 1 nitrogen and oxygen atoms in total. The number of hydrogen-bond donors (Lipinski definition) is 0. The van der Waals surface area contributed by atoms with E-state index >= 15 is 0 Å². The van der Waals surface area contributed by atoms with E-state index in [2.05, 4.69) is 11.3 Å². The highest BCUT2D eigenvalue weighted by molar-refractivity contribution is 5.07. The van der Waals surface area contributed by atoms with Crippen LogP contribution in [0.25, 0.3) is 0 Å². The van der Waals surface area contributed by atoms with Crippen molar-refractivity contribution in [2.75, 3.05) is 0 Å². The predicted molar refractivity (Wildman–Crippen MR) is 42.0 cm³/mol. The molecule has 0 aromatic carbocycles. The first-order valence-corrected chi connectivity index (χ1v) is 4.46. The second kappa shape index (κ2) is 5.16. The van der Waals surface area contributed by atoms with Gasteiger partial charge in [-0.1, -0.05) is 6.58 Å². The summed E-state index contributed by atoms with van der Waals surface area (Å²) in [5.74, 6) is -29.3. The first-order chi connectivity index (χ1) is 9.00. The van der Waals surface area contributed by atoms with Crippen molar-refractivity contribution in [1.82, 2.24) is 0 Å². The van der Waals surface area contributed by atoms with Crippen LogP contribution in [0.5, 0.6) is 0 Å². The molecule has 126 valence electrons. The molecule has 0 fully saturated rings. The highest BCUT2D eigenvalue weighted by atomic mass is 19.4. The summed E-state index contributed by atoms with van der Waals surface area (Å²) in [6.45, 7) is 2.24. The average molecular weight is 344 g/mol. The van der Waals surface area contributed by atoms with E-state index in [-0.39, 0.29) is 0 Å². The van der Waals surface area contributed by atoms with Gasteiger partial charge < -0.3 is 4.74 Å². The molecule has 0 aromatic rings. The van der Waals surface area contributed by atoms with Crippen LogP contribution >= 0.6 is 0 Å². The molecular formula is C8H4F12O. The van der Waals surface area contributed by atoms with E-state index < -0.39 is 42.5 Å². The van der Waals surface area contributed by atoms with E-state index in [9.17, 15) is 52.7 Å². The molecule has 0 aliphatic carbocycles. The topological polar surface area (TPSA) is 9.23 Å². The Morgan fingerprint density at radius 1 is 0.714 bits per heavy atom. The molecule has 0 aliphatic rings. The summed E-state index contributed by atoms with van der Waals surface area (Å²) in [4.78, 5) is 0. The maximum Gasteiger partial charge on any atom is 0.470 e. The molecule has 0 aromatic heterocycles. The second-order valence-electron chi connectivity index (χ2n) is 3.45. The van der Waals surface area contributed by atoms with Crippen molar-refractivity contribution in [3.63, 3.8) is 0 Å². The van der Waals surface area contributed by atoms with Crippen molar-refractivity contribution in [2.24, 2.45) is 0 Å². The normalized spacial score (nSPS) is 15.3. The average Bonchev–Trinajstić information content (AvgIpc) is 2.27. The van der Waals surface area contributed by atoms with E-state index in [4.69, 9.17) is 0 Å². The van der Waals surface area contributed by atoms with Crippen LogP contribution in [0.1, 0.15) is 0 Å². The fraction of sp³-hybridized carbons (Fsp3) is 0.750. The standard InChI is InChI=1S/C8H4F12O/c1-2-21-8(19,20)7(17,18)6(15,16)5(13,14)4(11,12)3(9)10/h2-3H,1H2. The lowest BCUT2D eigenvalue weighted by Gasteiger charge is -2.38. The molecule has 0 unspecified atom stereocenters. The highest BCUT2D eigenvalue weighted by Gasteiger charge is 2.89. The predicted octanol–water partition coefficient (Wildman–Crippen LogP) is 4.55. The Bertz CT molecular complexity index is 387. The number of hydrogen-bond acceptors (Lipinski definition) is 1. The van der Waals surface area contributed by atoms with Crippen LogP contribution in [0.15, 0.2) is 12.8 Å². The van der Waals surface area contributed by atoms with Crippen molar-refractivity contribution in [3.8, 4) is 0 Å². The quantitative estimate of drug-likeness (QED) is 0.487. The summed E-state index contributed by atoms with van der Waals surface area (Å²) in [7, 11) is 0. The van der Waals surface area contributed by atoms with Gasteiger partial charge in [0.15, 0.2) is 0 Å². The van der Waals surface area contributed by atoms with Crippen LogP contribution in [0, 0.1) is 0 Å². The Hall–Kier alpha value is -1.30. The molecule has 0 amide bonds. The SMILES string of the molecule is C=COC(F)(F)C(F)(F)C(F)(F)C(F)(F)C(F)(F)C(F)F. The maximum absolute atomic E-state index is 12.7. The van der Waals surface area contributed by atoms with Crippen molar-refractivity contribution < 1.29 is 57.4 Å². The van der Waals surface area contributed by atoms with E-state index in [1.54, 1.807) is 0 Å². The summed E-state index contributed by atoms with van der Waals surface area (Å²) in [6.07, 6.45) is -12.5. The molecule has 0 N–H and O–H groups in total. The third-order valence-corrected chi connectivity index (χ3v) is 2.08. The van der Waals surface area contributed by atoms with Gasteiger partial charge in [0.25, 0.3) is 0 Å². The minimum atomic E-state index is -7.58. The van der Waals surface area contributed by atoms with Crippen molar-refractivity contribution in [1.29, 1.82) is 0 Å². The molecular weight excluding hydrogens is 340 g/mol. The minimum Gasteiger partial charge on any atom is -0.436 e. The molecule has 21 heavy (non-hydrogen) atoms. The molecule has 0 bridgehead atoms. The molecule has 0 atom stereocenters. The van der Waals surface area contributed by atoms with E-state index in [1.165, 1.54) is 0 Å². The lowest BCUT2D eigenvalue weighted by Crippen LogP contribution is -2.68. The zero-order valence-electron chi connectivity index (χ0n) is 9.31. The Kier molecular flexibility index (Phi) is 4.84. The minimum absolute atomic E-state index is 0.562. The second-order valence-corrected chi connectivity index (χ2v) is 3.45. The van der Waals surface area contributed by atoms with Crippen LogP contribution in [0.4, 0.5) is 52.7 Å². The fourth-order valence-electron chi connectivity index (χ4n) is 0.905. The maximum atomic E-state index is 12.7. The van der Waals surface area contributed by atoms with Gasteiger partial charge in [0.05, 0.1) is 6.26 Å². The Morgan fingerprint density at radius 2 is 1.10 bits per heavy atom. The molecule has 0 radical (unpaired) electrons. The monoisotopic (exact) mass is 344 g/mol. The lowest BCUT2D eigenvalue weighted by molar-refractivity contribution is -0.444. The van der Waals surface area contributed by atoms with Crippen molar-refractivity contribution in [3.05, 3.63) is 12.8 Å². The lowest BCUT2D eigenvalue weighted by atomic mass is 9.98. The van der Waals surface area contributed by atoms with Gasteiger partial charge in [-0.2, -0.15) is 43.9 Å². The van der Waals surface area contributed by atoms with Gasteiger partial charge in [0.2, 0.25) is 0 Å². The molecule has 0 rings (SSSR count). The number of ether oxygens (including phenoxy) is 1. The van der Waals surface area contributed by atoms with E-state index in [0.717, 1.165) is 0 Å². The van der Waals surface area contributed by atoms with Gasteiger partial charge in [0.1, 0.15) is 0 Å². The Morgan fingerprint density at radius 3 is 1.38 bits per heavy atom. The summed E-state index contributed by atoms with van der Waals surface area (Å²) < 4.78 is 152. The van der Waals surface area contributed by atoms with E-state index in [0.29, 0.717) is 0 Å². The third kappa shape index (κ3) is 2.61. The Balaban J connectivity index is 6.01. The smallest absolute Gasteiger partial charge is 0.436 e. The summed E-state index contributed by atoms with van der Waals surface area (Å²) in [5, 5.41) is 0. The molecule has 0 heterocycles. The zero-order valence-corrected chi connectivity index (χ0v) is 9.31. The van der Waals surface area contributed by atoms with Crippen molar-refractivity contribution in [2.45, 2.75) is 36.2 Å². The van der Waals surface area contributed by atoms with Gasteiger partial charge >= 0.3 is 36.2 Å². The molecule has 13 heteroatoms.